The van der Waals surface area contributed by atoms with Crippen molar-refractivity contribution in [2.75, 3.05) is 0 Å². The van der Waals surface area contributed by atoms with Gasteiger partial charge in [0, 0.05) is 10.9 Å². The first kappa shape index (κ1) is 11.4. The summed E-state index contributed by atoms with van der Waals surface area (Å²) in [5, 5.41) is 9.21. The number of carboxylic acid groups (broad SMARTS) is 1. The van der Waals surface area contributed by atoms with E-state index in [0.29, 0.717) is 17.0 Å². The molecule has 2 unspecified atom stereocenters. The Labute approximate surface area is 98.0 Å². The molecule has 0 heterocycles. The minimum Gasteiger partial charge on any atom is -0.479 e. The summed E-state index contributed by atoms with van der Waals surface area (Å²) in [7, 11) is 0. The predicted molar refractivity (Wildman–Crippen MR) is 59.7 cm³/mol. The zero-order chi connectivity index (χ0) is 11.7. The molecular weight excluding hydrogens is 231 g/mol. The number of carbonyl (C=O) groups is 1. The fourth-order valence-electron chi connectivity index (χ4n) is 2.34. The van der Waals surface area contributed by atoms with Crippen molar-refractivity contribution in [1.82, 2.24) is 0 Å². The van der Waals surface area contributed by atoms with Gasteiger partial charge in [-0.15, -0.1) is 0 Å². The van der Waals surface area contributed by atoms with Crippen LogP contribution in [0.3, 0.4) is 0 Å². The molecule has 16 heavy (non-hydrogen) atoms. The number of alkyl halides is 1. The third kappa shape index (κ3) is 1.92. The number of halogens is 2. The minimum absolute atomic E-state index is 0.478. The molecule has 0 amide bonds. The van der Waals surface area contributed by atoms with Gasteiger partial charge in [0.1, 0.15) is 0 Å². The molecule has 86 valence electrons. The molecule has 0 radical (unpaired) electrons. The van der Waals surface area contributed by atoms with Crippen LogP contribution in [0.5, 0.6) is 0 Å². The van der Waals surface area contributed by atoms with Crippen LogP contribution in [0.2, 0.25) is 5.02 Å². The summed E-state index contributed by atoms with van der Waals surface area (Å²) in [4.78, 5) is 10.7. The molecule has 1 aliphatic carbocycles. The highest BCUT2D eigenvalue weighted by Gasteiger charge is 2.33. The summed E-state index contributed by atoms with van der Waals surface area (Å²) in [6.45, 7) is 0. The van der Waals surface area contributed by atoms with Gasteiger partial charge in [-0.1, -0.05) is 23.7 Å². The summed E-state index contributed by atoms with van der Waals surface area (Å²) in [5.74, 6) is -2.01. The van der Waals surface area contributed by atoms with Crippen LogP contribution in [0.15, 0.2) is 18.2 Å². The van der Waals surface area contributed by atoms with E-state index in [2.05, 4.69) is 0 Å². The molecule has 1 aromatic rings. The number of hydrogen-bond acceptors (Lipinski definition) is 1. The SMILES string of the molecule is O=C(O)C(F)C1CCCc2cccc(Cl)c21. The summed E-state index contributed by atoms with van der Waals surface area (Å²) in [6.07, 6.45) is 0.341. The van der Waals surface area contributed by atoms with Crippen LogP contribution in [0, 0.1) is 0 Å². The van der Waals surface area contributed by atoms with Gasteiger partial charge in [0.15, 0.2) is 0 Å². The fourth-order valence-corrected chi connectivity index (χ4v) is 2.67. The van der Waals surface area contributed by atoms with Gasteiger partial charge in [0.05, 0.1) is 0 Å². The zero-order valence-corrected chi connectivity index (χ0v) is 9.38. The Morgan fingerprint density at radius 1 is 1.56 bits per heavy atom. The Bertz CT molecular complexity index is 419. The number of aryl methyl sites for hydroxylation is 1. The van der Waals surface area contributed by atoms with Gasteiger partial charge >= 0.3 is 5.97 Å². The second-order valence-corrected chi connectivity index (χ2v) is 4.46. The topological polar surface area (TPSA) is 37.3 Å². The molecular formula is C12H12ClFO2. The van der Waals surface area contributed by atoms with Crippen molar-refractivity contribution in [1.29, 1.82) is 0 Å². The molecule has 1 N–H and O–H groups in total. The van der Waals surface area contributed by atoms with Crippen molar-refractivity contribution in [3.05, 3.63) is 34.3 Å². The van der Waals surface area contributed by atoms with E-state index in [1.165, 1.54) is 0 Å². The Morgan fingerprint density at radius 3 is 3.00 bits per heavy atom. The third-order valence-electron chi connectivity index (χ3n) is 3.06. The maximum atomic E-state index is 13.6. The lowest BCUT2D eigenvalue weighted by molar-refractivity contribution is -0.143. The van der Waals surface area contributed by atoms with Gasteiger partial charge in [-0.2, -0.15) is 0 Å². The highest BCUT2D eigenvalue weighted by Crippen LogP contribution is 2.39. The van der Waals surface area contributed by atoms with Gasteiger partial charge in [-0.25, -0.2) is 9.18 Å². The highest BCUT2D eigenvalue weighted by molar-refractivity contribution is 6.31. The number of fused-ring (bicyclic) bond motifs is 1. The van der Waals surface area contributed by atoms with Crippen LogP contribution in [0.25, 0.3) is 0 Å². The molecule has 0 bridgehead atoms. The molecule has 0 spiro atoms. The monoisotopic (exact) mass is 242 g/mol. The van der Waals surface area contributed by atoms with Gasteiger partial charge in [-0.05, 0) is 36.5 Å². The second-order valence-electron chi connectivity index (χ2n) is 4.05. The Balaban J connectivity index is 2.43. The lowest BCUT2D eigenvalue weighted by Gasteiger charge is -2.27. The number of carboxylic acids is 1. The van der Waals surface area contributed by atoms with Crippen LogP contribution in [0.4, 0.5) is 4.39 Å². The number of hydrogen-bond donors (Lipinski definition) is 1. The Kier molecular flexibility index (Phi) is 3.15. The molecule has 2 rings (SSSR count). The highest BCUT2D eigenvalue weighted by atomic mass is 35.5. The van der Waals surface area contributed by atoms with E-state index in [1.807, 2.05) is 12.1 Å². The number of aliphatic carboxylic acids is 1. The molecule has 0 fully saturated rings. The van der Waals surface area contributed by atoms with E-state index in [1.54, 1.807) is 6.07 Å². The molecule has 0 aliphatic heterocycles. The van der Waals surface area contributed by atoms with Crippen LogP contribution in [-0.2, 0) is 11.2 Å². The number of rotatable bonds is 2. The molecule has 0 saturated heterocycles. The van der Waals surface area contributed by atoms with Gasteiger partial charge in [0.2, 0.25) is 6.17 Å². The van der Waals surface area contributed by atoms with Gasteiger partial charge in [-0.3, -0.25) is 0 Å². The smallest absolute Gasteiger partial charge is 0.338 e. The molecule has 1 aromatic carbocycles. The molecule has 4 heteroatoms. The number of benzene rings is 1. The van der Waals surface area contributed by atoms with Crippen LogP contribution in [-0.4, -0.2) is 17.2 Å². The van der Waals surface area contributed by atoms with Crippen molar-refractivity contribution < 1.29 is 14.3 Å². The fraction of sp³-hybridized carbons (Fsp3) is 0.417. The molecule has 0 aromatic heterocycles. The van der Waals surface area contributed by atoms with Crippen molar-refractivity contribution >= 4 is 17.6 Å². The van der Waals surface area contributed by atoms with E-state index < -0.39 is 18.1 Å². The standard InChI is InChI=1S/C12H12ClFO2/c13-9-6-2-4-7-3-1-5-8(10(7)9)11(14)12(15)16/h2,4,6,8,11H,1,3,5H2,(H,15,16). The first-order valence-electron chi connectivity index (χ1n) is 5.25. The summed E-state index contributed by atoms with van der Waals surface area (Å²) in [5.41, 5.74) is 1.66. The average Bonchev–Trinajstić information content (AvgIpc) is 2.27. The summed E-state index contributed by atoms with van der Waals surface area (Å²) < 4.78 is 13.6. The normalized spacial score (nSPS) is 21.2. The maximum absolute atomic E-state index is 13.6. The van der Waals surface area contributed by atoms with Crippen LogP contribution in [0.1, 0.15) is 29.9 Å². The van der Waals surface area contributed by atoms with E-state index in [-0.39, 0.29) is 0 Å². The molecule has 1 aliphatic rings. The predicted octanol–water partition coefficient (Wildman–Crippen LogP) is 3.18. The van der Waals surface area contributed by atoms with E-state index in [9.17, 15) is 9.18 Å². The van der Waals surface area contributed by atoms with E-state index >= 15 is 0 Å². The molecule has 2 atom stereocenters. The van der Waals surface area contributed by atoms with Crippen molar-refractivity contribution in [2.24, 2.45) is 0 Å². The Hall–Kier alpha value is -1.09. The second kappa shape index (κ2) is 4.42. The van der Waals surface area contributed by atoms with Crippen molar-refractivity contribution in [3.8, 4) is 0 Å². The summed E-state index contributed by atoms with van der Waals surface area (Å²) in [6, 6.07) is 5.40. The lowest BCUT2D eigenvalue weighted by atomic mass is 9.80. The largest absolute Gasteiger partial charge is 0.479 e. The minimum atomic E-state index is -1.86. The third-order valence-corrected chi connectivity index (χ3v) is 3.39. The maximum Gasteiger partial charge on any atom is 0.338 e. The Morgan fingerprint density at radius 2 is 2.31 bits per heavy atom. The first-order valence-corrected chi connectivity index (χ1v) is 5.63. The summed E-state index contributed by atoms with van der Waals surface area (Å²) >= 11 is 6.03. The van der Waals surface area contributed by atoms with Crippen LogP contribution >= 0.6 is 11.6 Å². The van der Waals surface area contributed by atoms with E-state index in [4.69, 9.17) is 16.7 Å². The zero-order valence-electron chi connectivity index (χ0n) is 8.62. The van der Waals surface area contributed by atoms with Crippen LogP contribution < -0.4 is 0 Å². The van der Waals surface area contributed by atoms with Crippen molar-refractivity contribution in [3.63, 3.8) is 0 Å². The average molecular weight is 243 g/mol. The molecule has 0 saturated carbocycles. The first-order chi connectivity index (χ1) is 7.61. The van der Waals surface area contributed by atoms with Gasteiger partial charge in [0.25, 0.3) is 0 Å². The quantitative estimate of drug-likeness (QED) is 0.865. The lowest BCUT2D eigenvalue weighted by Crippen LogP contribution is -2.26. The van der Waals surface area contributed by atoms with E-state index in [0.717, 1.165) is 18.4 Å². The molecule has 2 nitrogen and oxygen atoms in total. The van der Waals surface area contributed by atoms with Crippen molar-refractivity contribution in [2.45, 2.75) is 31.4 Å². The van der Waals surface area contributed by atoms with Gasteiger partial charge < -0.3 is 5.11 Å².